The highest BCUT2D eigenvalue weighted by molar-refractivity contribution is 5.34. The second-order valence-corrected chi connectivity index (χ2v) is 3.66. The van der Waals surface area contributed by atoms with Crippen molar-refractivity contribution < 1.29 is 5.11 Å². The third-order valence-corrected chi connectivity index (χ3v) is 1.71. The second-order valence-electron chi connectivity index (χ2n) is 3.66. The molecule has 0 atom stereocenters. The monoisotopic (exact) mass is 174 g/mol. The summed E-state index contributed by atoms with van der Waals surface area (Å²) in [5.74, 6) is 6.05. The lowest BCUT2D eigenvalue weighted by molar-refractivity contribution is 0.206. The van der Waals surface area contributed by atoms with Crippen LogP contribution in [0.2, 0.25) is 0 Å². The first-order valence-electron chi connectivity index (χ1n) is 4.33. The van der Waals surface area contributed by atoms with Gasteiger partial charge in [-0.3, -0.25) is 0 Å². The van der Waals surface area contributed by atoms with Crippen LogP contribution in [0.4, 0.5) is 0 Å². The van der Waals surface area contributed by atoms with E-state index in [4.69, 9.17) is 5.11 Å². The maximum atomic E-state index is 8.97. The molecular weight excluding hydrogens is 160 g/mol. The number of aliphatic hydroxyl groups is 1. The van der Waals surface area contributed by atoms with Gasteiger partial charge in [0.15, 0.2) is 0 Å². The Bertz CT molecular complexity index is 314. The van der Waals surface area contributed by atoms with Gasteiger partial charge in [0.2, 0.25) is 0 Å². The molecule has 1 rings (SSSR count). The first-order chi connectivity index (χ1) is 6.14. The molecule has 0 amide bonds. The standard InChI is InChI=1S/C12H14O/c1-12(2,10-13)9-8-11-6-4-3-5-7-11/h3-7,13H,10H2,1-2H3. The highest BCUT2D eigenvalue weighted by Gasteiger charge is 2.11. The fraction of sp³-hybridized carbons (Fsp3) is 0.333. The molecule has 0 fully saturated rings. The van der Waals surface area contributed by atoms with Crippen molar-refractivity contribution in [3.8, 4) is 11.8 Å². The van der Waals surface area contributed by atoms with Crippen LogP contribution in [0, 0.1) is 17.3 Å². The summed E-state index contributed by atoms with van der Waals surface area (Å²) in [7, 11) is 0. The molecule has 1 aromatic carbocycles. The minimum absolute atomic E-state index is 0.0901. The van der Waals surface area contributed by atoms with Crippen LogP contribution in [0.25, 0.3) is 0 Å². The van der Waals surface area contributed by atoms with E-state index in [9.17, 15) is 0 Å². The minimum atomic E-state index is -0.310. The van der Waals surface area contributed by atoms with Gasteiger partial charge in [0.1, 0.15) is 0 Å². The minimum Gasteiger partial charge on any atom is -0.395 e. The summed E-state index contributed by atoms with van der Waals surface area (Å²) in [6.45, 7) is 3.93. The van der Waals surface area contributed by atoms with Crippen LogP contribution in [-0.4, -0.2) is 11.7 Å². The molecule has 0 saturated carbocycles. The number of aliphatic hydroxyl groups excluding tert-OH is 1. The Kier molecular flexibility index (Phi) is 3.11. The predicted molar refractivity (Wildman–Crippen MR) is 54.2 cm³/mol. The third kappa shape index (κ3) is 3.31. The van der Waals surface area contributed by atoms with Gasteiger partial charge in [-0.1, -0.05) is 30.0 Å². The molecule has 1 nitrogen and oxygen atoms in total. The van der Waals surface area contributed by atoms with Gasteiger partial charge >= 0.3 is 0 Å². The molecule has 0 aliphatic carbocycles. The van der Waals surface area contributed by atoms with Crippen molar-refractivity contribution in [2.75, 3.05) is 6.61 Å². The molecule has 0 aliphatic heterocycles. The zero-order valence-corrected chi connectivity index (χ0v) is 8.04. The van der Waals surface area contributed by atoms with Gasteiger partial charge < -0.3 is 5.11 Å². The molecule has 68 valence electrons. The van der Waals surface area contributed by atoms with Crippen LogP contribution in [0.15, 0.2) is 30.3 Å². The SMILES string of the molecule is CC(C)(C#Cc1ccccc1)CO. The average Bonchev–Trinajstić information content (AvgIpc) is 2.17. The lowest BCUT2D eigenvalue weighted by Crippen LogP contribution is -2.13. The van der Waals surface area contributed by atoms with Gasteiger partial charge in [0.25, 0.3) is 0 Å². The zero-order valence-electron chi connectivity index (χ0n) is 8.04. The molecule has 0 spiro atoms. The van der Waals surface area contributed by atoms with Crippen molar-refractivity contribution in [3.63, 3.8) is 0 Å². The van der Waals surface area contributed by atoms with E-state index in [1.165, 1.54) is 0 Å². The second kappa shape index (κ2) is 4.11. The predicted octanol–water partition coefficient (Wildman–Crippen LogP) is 2.06. The van der Waals surface area contributed by atoms with Crippen LogP contribution >= 0.6 is 0 Å². The van der Waals surface area contributed by atoms with Crippen molar-refractivity contribution in [2.45, 2.75) is 13.8 Å². The van der Waals surface area contributed by atoms with Gasteiger partial charge in [-0.15, -0.1) is 0 Å². The average molecular weight is 174 g/mol. The highest BCUT2D eigenvalue weighted by atomic mass is 16.3. The van der Waals surface area contributed by atoms with E-state index < -0.39 is 0 Å². The van der Waals surface area contributed by atoms with E-state index in [0.29, 0.717) is 0 Å². The van der Waals surface area contributed by atoms with Crippen molar-refractivity contribution in [2.24, 2.45) is 5.41 Å². The number of hydrogen-bond donors (Lipinski definition) is 1. The fourth-order valence-electron chi connectivity index (χ4n) is 0.802. The highest BCUT2D eigenvalue weighted by Crippen LogP contribution is 2.11. The summed E-state index contributed by atoms with van der Waals surface area (Å²) in [4.78, 5) is 0. The maximum Gasteiger partial charge on any atom is 0.0591 e. The van der Waals surface area contributed by atoms with Crippen LogP contribution < -0.4 is 0 Å². The van der Waals surface area contributed by atoms with E-state index in [0.717, 1.165) is 5.56 Å². The molecule has 0 saturated heterocycles. The summed E-state index contributed by atoms with van der Waals surface area (Å²) in [5.41, 5.74) is 0.680. The lowest BCUT2D eigenvalue weighted by atomic mass is 9.95. The Labute approximate surface area is 79.4 Å². The molecule has 0 bridgehead atoms. The Morgan fingerprint density at radius 3 is 2.38 bits per heavy atom. The Morgan fingerprint density at radius 2 is 1.85 bits per heavy atom. The molecule has 0 radical (unpaired) electrons. The third-order valence-electron chi connectivity index (χ3n) is 1.71. The Morgan fingerprint density at radius 1 is 1.23 bits per heavy atom. The molecular formula is C12H14O. The Balaban J connectivity index is 2.79. The zero-order chi connectivity index (χ0) is 9.73. The number of hydrogen-bond acceptors (Lipinski definition) is 1. The first-order valence-corrected chi connectivity index (χ1v) is 4.33. The normalized spacial score (nSPS) is 10.4. The molecule has 0 aliphatic rings. The molecule has 1 aromatic rings. The van der Waals surface area contributed by atoms with Gasteiger partial charge in [-0.25, -0.2) is 0 Å². The summed E-state index contributed by atoms with van der Waals surface area (Å²) in [5, 5.41) is 8.97. The van der Waals surface area contributed by atoms with Crippen LogP contribution in [0.1, 0.15) is 19.4 Å². The van der Waals surface area contributed by atoms with E-state index in [1.54, 1.807) is 0 Å². The smallest absolute Gasteiger partial charge is 0.0591 e. The summed E-state index contributed by atoms with van der Waals surface area (Å²) in [6.07, 6.45) is 0. The van der Waals surface area contributed by atoms with Crippen LogP contribution in [0.5, 0.6) is 0 Å². The van der Waals surface area contributed by atoms with Crippen molar-refractivity contribution >= 4 is 0 Å². The molecule has 0 unspecified atom stereocenters. The van der Waals surface area contributed by atoms with Gasteiger partial charge in [0.05, 0.1) is 6.61 Å². The van der Waals surface area contributed by atoms with Crippen molar-refractivity contribution in [1.82, 2.24) is 0 Å². The largest absolute Gasteiger partial charge is 0.395 e. The fourth-order valence-corrected chi connectivity index (χ4v) is 0.802. The molecule has 1 heteroatoms. The quantitative estimate of drug-likeness (QED) is 0.646. The molecule has 0 aromatic heterocycles. The van der Waals surface area contributed by atoms with E-state index in [2.05, 4.69) is 11.8 Å². The summed E-state index contributed by atoms with van der Waals surface area (Å²) < 4.78 is 0. The van der Waals surface area contributed by atoms with E-state index in [1.807, 2.05) is 44.2 Å². The van der Waals surface area contributed by atoms with Gasteiger partial charge in [-0.05, 0) is 26.0 Å². The van der Waals surface area contributed by atoms with Crippen LogP contribution in [0.3, 0.4) is 0 Å². The topological polar surface area (TPSA) is 20.2 Å². The number of benzene rings is 1. The van der Waals surface area contributed by atoms with Crippen molar-refractivity contribution in [3.05, 3.63) is 35.9 Å². The Hall–Kier alpha value is -1.26. The summed E-state index contributed by atoms with van der Waals surface area (Å²) in [6, 6.07) is 9.79. The number of rotatable bonds is 1. The molecule has 13 heavy (non-hydrogen) atoms. The van der Waals surface area contributed by atoms with Gasteiger partial charge in [0, 0.05) is 11.0 Å². The molecule has 0 heterocycles. The summed E-state index contributed by atoms with van der Waals surface area (Å²) >= 11 is 0. The maximum absolute atomic E-state index is 8.97. The van der Waals surface area contributed by atoms with Crippen LogP contribution in [-0.2, 0) is 0 Å². The van der Waals surface area contributed by atoms with Crippen molar-refractivity contribution in [1.29, 1.82) is 0 Å². The first kappa shape index (κ1) is 9.83. The van der Waals surface area contributed by atoms with E-state index in [-0.39, 0.29) is 12.0 Å². The van der Waals surface area contributed by atoms with Gasteiger partial charge in [-0.2, -0.15) is 0 Å². The van der Waals surface area contributed by atoms with E-state index >= 15 is 0 Å². The molecule has 1 N–H and O–H groups in total. The lowest BCUT2D eigenvalue weighted by Gasteiger charge is -2.11.